The first kappa shape index (κ1) is 22.7. The number of benzene rings is 2. The molecule has 1 saturated heterocycles. The second kappa shape index (κ2) is 9.00. The van der Waals surface area contributed by atoms with E-state index in [0.29, 0.717) is 10.5 Å². The molecule has 2 aromatic carbocycles. The van der Waals surface area contributed by atoms with Gasteiger partial charge in [-0.25, -0.2) is 13.6 Å². The van der Waals surface area contributed by atoms with Gasteiger partial charge in [0.1, 0.15) is 17.9 Å². The largest absolute Gasteiger partial charge is 0.478 e. The highest BCUT2D eigenvalue weighted by atomic mass is 19.1. The average Bonchev–Trinajstić information content (AvgIpc) is 2.97. The molecule has 32 heavy (non-hydrogen) atoms. The quantitative estimate of drug-likeness (QED) is 0.458. The summed E-state index contributed by atoms with van der Waals surface area (Å²) in [6, 6.07) is 9.69. The van der Waals surface area contributed by atoms with Crippen LogP contribution in [0.15, 0.2) is 48.5 Å². The van der Waals surface area contributed by atoms with Crippen molar-refractivity contribution in [3.63, 3.8) is 0 Å². The number of hydrogen-bond acceptors (Lipinski definition) is 5. The first-order valence-electron chi connectivity index (χ1n) is 9.52. The monoisotopic (exact) mass is 446 g/mol. The topological polar surface area (TPSA) is 117 Å². The van der Waals surface area contributed by atoms with E-state index in [1.54, 1.807) is 0 Å². The van der Waals surface area contributed by atoms with Gasteiger partial charge in [-0.1, -0.05) is 24.3 Å². The number of halogens is 2. The van der Waals surface area contributed by atoms with Crippen molar-refractivity contribution in [1.29, 1.82) is 0 Å². The van der Waals surface area contributed by atoms with E-state index in [1.807, 2.05) is 0 Å². The predicted molar refractivity (Wildman–Crippen MR) is 107 cm³/mol. The molecule has 0 radical (unpaired) electrons. The molecule has 0 saturated carbocycles. The summed E-state index contributed by atoms with van der Waals surface area (Å²) < 4.78 is 32.0. The Balaban J connectivity index is 1.56. The summed E-state index contributed by atoms with van der Waals surface area (Å²) in [4.78, 5) is 49.9. The van der Waals surface area contributed by atoms with Gasteiger partial charge in [0, 0.05) is 0 Å². The summed E-state index contributed by atoms with van der Waals surface area (Å²) in [5.41, 5.74) is 3.02. The Morgan fingerprint density at radius 1 is 1.09 bits per heavy atom. The second-order valence-corrected chi connectivity index (χ2v) is 7.18. The number of urea groups is 1. The van der Waals surface area contributed by atoms with Gasteiger partial charge >= 0.3 is 6.03 Å². The second-order valence-electron chi connectivity index (χ2n) is 7.18. The first-order valence-corrected chi connectivity index (χ1v) is 9.52. The lowest BCUT2D eigenvalue weighted by Crippen LogP contribution is -2.51. The maximum Gasteiger partial charge on any atom is 0.325 e. The number of hydrazine groups is 1. The highest BCUT2D eigenvalue weighted by Gasteiger charge is 2.49. The van der Waals surface area contributed by atoms with Gasteiger partial charge in [0.05, 0.1) is 0 Å². The molecule has 3 N–H and O–H groups in total. The molecule has 0 unspecified atom stereocenters. The number of para-hydroxylation sites is 1. The van der Waals surface area contributed by atoms with E-state index >= 15 is 0 Å². The standard InChI is InChI=1S/C21H20F2N4O5/c1-12(32-16-6-4-3-5-15(16)23)18(29)26-25-17(28)11-27-19(30)21(2,24-20(27)31)13-7-9-14(22)10-8-13/h3-10,12H,11H2,1-2H3,(H,24,31)(H,25,28)(H,26,29)/t12-,21+/m1/s1. The summed E-state index contributed by atoms with van der Waals surface area (Å²) in [5, 5.41) is 2.48. The van der Waals surface area contributed by atoms with Crippen molar-refractivity contribution in [2.45, 2.75) is 25.5 Å². The summed E-state index contributed by atoms with van der Waals surface area (Å²) >= 11 is 0. The number of nitrogens with one attached hydrogen (secondary N) is 3. The van der Waals surface area contributed by atoms with Crippen molar-refractivity contribution >= 4 is 23.8 Å². The lowest BCUT2D eigenvalue weighted by molar-refractivity contribution is -0.136. The van der Waals surface area contributed by atoms with Crippen LogP contribution in [0.1, 0.15) is 19.4 Å². The third-order valence-electron chi connectivity index (χ3n) is 4.83. The highest BCUT2D eigenvalue weighted by molar-refractivity contribution is 6.09. The van der Waals surface area contributed by atoms with E-state index in [4.69, 9.17) is 4.74 Å². The minimum atomic E-state index is -1.48. The van der Waals surface area contributed by atoms with Crippen molar-refractivity contribution < 1.29 is 32.7 Å². The van der Waals surface area contributed by atoms with Gasteiger partial charge < -0.3 is 10.1 Å². The Bertz CT molecular complexity index is 1060. The molecule has 0 spiro atoms. The van der Waals surface area contributed by atoms with Gasteiger partial charge in [-0.15, -0.1) is 0 Å². The molecule has 1 fully saturated rings. The Hall–Kier alpha value is -4.02. The van der Waals surface area contributed by atoms with Crippen LogP contribution in [0.5, 0.6) is 5.75 Å². The summed E-state index contributed by atoms with van der Waals surface area (Å²) in [6.45, 7) is 2.10. The Morgan fingerprint density at radius 3 is 2.41 bits per heavy atom. The van der Waals surface area contributed by atoms with Crippen LogP contribution in [-0.2, 0) is 19.9 Å². The van der Waals surface area contributed by atoms with Crippen LogP contribution in [-0.4, -0.2) is 41.3 Å². The fourth-order valence-corrected chi connectivity index (χ4v) is 3.02. The van der Waals surface area contributed by atoms with E-state index in [9.17, 15) is 28.0 Å². The van der Waals surface area contributed by atoms with Crippen molar-refractivity contribution in [3.05, 3.63) is 65.7 Å². The molecular weight excluding hydrogens is 426 g/mol. The molecule has 168 valence electrons. The highest BCUT2D eigenvalue weighted by Crippen LogP contribution is 2.28. The number of carbonyl (C=O) groups is 4. The molecule has 0 aliphatic carbocycles. The van der Waals surface area contributed by atoms with Gasteiger partial charge in [-0.05, 0) is 43.7 Å². The smallest absolute Gasteiger partial charge is 0.325 e. The van der Waals surface area contributed by atoms with Gasteiger partial charge in [-0.3, -0.25) is 30.1 Å². The van der Waals surface area contributed by atoms with Crippen LogP contribution in [0.2, 0.25) is 0 Å². The third kappa shape index (κ3) is 4.66. The van der Waals surface area contributed by atoms with E-state index < -0.39 is 53.6 Å². The zero-order valence-corrected chi connectivity index (χ0v) is 17.1. The van der Waals surface area contributed by atoms with Gasteiger partial charge in [0.15, 0.2) is 17.7 Å². The van der Waals surface area contributed by atoms with Crippen molar-refractivity contribution in [2.24, 2.45) is 0 Å². The number of carbonyl (C=O) groups excluding carboxylic acids is 4. The molecular formula is C21H20F2N4O5. The molecule has 1 aliphatic rings. The van der Waals surface area contributed by atoms with E-state index in [0.717, 1.165) is 12.1 Å². The Morgan fingerprint density at radius 2 is 1.75 bits per heavy atom. The van der Waals surface area contributed by atoms with E-state index in [1.165, 1.54) is 50.2 Å². The van der Waals surface area contributed by atoms with Crippen LogP contribution in [0, 0.1) is 11.6 Å². The number of hydrogen-bond donors (Lipinski definition) is 3. The summed E-state index contributed by atoms with van der Waals surface area (Å²) in [7, 11) is 0. The molecule has 3 rings (SSSR count). The molecule has 11 heteroatoms. The van der Waals surface area contributed by atoms with Crippen LogP contribution in [0.3, 0.4) is 0 Å². The van der Waals surface area contributed by atoms with E-state index in [2.05, 4.69) is 16.2 Å². The number of nitrogens with zero attached hydrogens (tertiary/aromatic N) is 1. The zero-order chi connectivity index (χ0) is 23.5. The van der Waals surface area contributed by atoms with E-state index in [-0.39, 0.29) is 5.75 Å². The molecule has 0 aromatic heterocycles. The lowest BCUT2D eigenvalue weighted by Gasteiger charge is -2.22. The summed E-state index contributed by atoms with van der Waals surface area (Å²) in [6.07, 6.45) is -1.15. The number of amides is 5. The predicted octanol–water partition coefficient (Wildman–Crippen LogP) is 1.35. The van der Waals surface area contributed by atoms with Gasteiger partial charge in [-0.2, -0.15) is 0 Å². The van der Waals surface area contributed by atoms with Gasteiger partial charge in [0.25, 0.3) is 17.7 Å². The minimum Gasteiger partial charge on any atom is -0.478 e. The molecule has 0 bridgehead atoms. The van der Waals surface area contributed by atoms with Gasteiger partial charge in [0.2, 0.25) is 0 Å². The van der Waals surface area contributed by atoms with Crippen LogP contribution < -0.4 is 20.9 Å². The molecule has 9 nitrogen and oxygen atoms in total. The average molecular weight is 446 g/mol. The van der Waals surface area contributed by atoms with Crippen molar-refractivity contribution in [2.75, 3.05) is 6.54 Å². The molecule has 1 aliphatic heterocycles. The Labute approximate surface area is 181 Å². The first-order chi connectivity index (χ1) is 15.1. The SMILES string of the molecule is C[C@@H](Oc1ccccc1F)C(=O)NNC(=O)CN1C(=O)N[C@@](C)(c2ccc(F)cc2)C1=O. The zero-order valence-electron chi connectivity index (χ0n) is 17.1. The van der Waals surface area contributed by atoms with Crippen LogP contribution >= 0.6 is 0 Å². The number of ether oxygens (including phenoxy) is 1. The van der Waals surface area contributed by atoms with Crippen molar-refractivity contribution in [3.8, 4) is 5.75 Å². The lowest BCUT2D eigenvalue weighted by atomic mass is 9.92. The van der Waals surface area contributed by atoms with Crippen molar-refractivity contribution in [1.82, 2.24) is 21.1 Å². The number of imide groups is 1. The fourth-order valence-electron chi connectivity index (χ4n) is 3.02. The maximum atomic E-state index is 13.6. The third-order valence-corrected chi connectivity index (χ3v) is 4.83. The summed E-state index contributed by atoms with van der Waals surface area (Å²) in [5.74, 6) is -3.65. The molecule has 2 aromatic rings. The number of rotatable bonds is 6. The molecule has 1 heterocycles. The van der Waals surface area contributed by atoms with Crippen LogP contribution in [0.4, 0.5) is 13.6 Å². The molecule has 5 amide bonds. The Kier molecular flexibility index (Phi) is 6.37. The van der Waals surface area contributed by atoms with Crippen LogP contribution in [0.25, 0.3) is 0 Å². The molecule has 2 atom stereocenters. The normalized spacial score (nSPS) is 18.7. The fraction of sp³-hybridized carbons (Fsp3) is 0.238. The maximum absolute atomic E-state index is 13.6. The minimum absolute atomic E-state index is 0.138.